The summed E-state index contributed by atoms with van der Waals surface area (Å²) < 4.78 is 13.5. The lowest BCUT2D eigenvalue weighted by Gasteiger charge is -2.27. The van der Waals surface area contributed by atoms with Gasteiger partial charge in [-0.2, -0.15) is 0 Å². The molecule has 0 bridgehead atoms. The van der Waals surface area contributed by atoms with E-state index in [4.69, 9.17) is 9.47 Å². The molecule has 1 aliphatic heterocycles. The van der Waals surface area contributed by atoms with Gasteiger partial charge in [0.1, 0.15) is 18.8 Å². The molecule has 0 saturated carbocycles. The van der Waals surface area contributed by atoms with Crippen LogP contribution in [0.25, 0.3) is 0 Å². The van der Waals surface area contributed by atoms with E-state index in [9.17, 15) is 4.79 Å². The molecule has 3 rings (SSSR count). The summed E-state index contributed by atoms with van der Waals surface area (Å²) in [5.74, 6) is 1.93. The molecule has 1 N–H and O–H groups in total. The number of benzene rings is 1. The second-order valence-electron chi connectivity index (χ2n) is 6.52. The van der Waals surface area contributed by atoms with Crippen LogP contribution in [0.15, 0.2) is 48.8 Å². The Morgan fingerprint density at radius 1 is 1.21 bits per heavy atom. The predicted molar refractivity (Wildman–Crippen MR) is 92.3 cm³/mol. The molecule has 5 heteroatoms. The Bertz CT molecular complexity index is 667. The molecule has 1 amide bonds. The topological polar surface area (TPSA) is 52.5 Å². The second-order valence-corrected chi connectivity index (χ2v) is 6.52. The van der Waals surface area contributed by atoms with Crippen LogP contribution in [0.4, 0.5) is 0 Å². The largest absolute Gasteiger partial charge is 0.486 e. The number of fused-ring (bicyclic) bond motifs is 1. The van der Waals surface area contributed by atoms with Gasteiger partial charge in [0, 0.05) is 12.4 Å². The number of hydrogen-bond donors (Lipinski definition) is 1. The Kier molecular flexibility index (Phi) is 5.08. The molecule has 2 atom stereocenters. The molecule has 0 spiro atoms. The maximum Gasteiger partial charge on any atom is 0.243 e. The standard InChI is InChI=1S/C19H24N2O3/c1-14(2)11-16(21-9-5-6-10-21)19(22)20-12-15-13-23-17-7-3-4-8-18(17)24-15/h3-10,14-16H,11-13H2,1-2H3,(H,20,22). The van der Waals surface area contributed by atoms with Crippen molar-refractivity contribution < 1.29 is 14.3 Å². The number of para-hydroxylation sites is 2. The Morgan fingerprint density at radius 3 is 2.62 bits per heavy atom. The van der Waals surface area contributed by atoms with Crippen molar-refractivity contribution in [3.63, 3.8) is 0 Å². The first-order chi connectivity index (χ1) is 11.6. The molecule has 1 aromatic heterocycles. The van der Waals surface area contributed by atoms with Crippen molar-refractivity contribution in [1.29, 1.82) is 0 Å². The second kappa shape index (κ2) is 7.43. The van der Waals surface area contributed by atoms with E-state index in [-0.39, 0.29) is 18.1 Å². The van der Waals surface area contributed by atoms with Crippen molar-refractivity contribution in [1.82, 2.24) is 9.88 Å². The summed E-state index contributed by atoms with van der Waals surface area (Å²) >= 11 is 0. The third-order valence-corrected chi connectivity index (χ3v) is 4.06. The molecule has 2 unspecified atom stereocenters. The van der Waals surface area contributed by atoms with Gasteiger partial charge in [0.25, 0.3) is 0 Å². The van der Waals surface area contributed by atoms with Gasteiger partial charge in [-0.3, -0.25) is 4.79 Å². The van der Waals surface area contributed by atoms with E-state index in [0.717, 1.165) is 17.9 Å². The maximum absolute atomic E-state index is 12.6. The Balaban J connectivity index is 1.58. The third kappa shape index (κ3) is 3.91. The molecule has 2 aromatic rings. The maximum atomic E-state index is 12.6. The van der Waals surface area contributed by atoms with Gasteiger partial charge in [0.15, 0.2) is 11.5 Å². The van der Waals surface area contributed by atoms with Crippen LogP contribution in [-0.2, 0) is 4.79 Å². The van der Waals surface area contributed by atoms with Crippen LogP contribution >= 0.6 is 0 Å². The molecule has 0 radical (unpaired) electrons. The van der Waals surface area contributed by atoms with E-state index in [1.165, 1.54) is 0 Å². The van der Waals surface area contributed by atoms with Crippen molar-refractivity contribution in [3.05, 3.63) is 48.8 Å². The monoisotopic (exact) mass is 328 g/mol. The van der Waals surface area contributed by atoms with Gasteiger partial charge in [-0.05, 0) is 36.6 Å². The van der Waals surface area contributed by atoms with Crippen molar-refractivity contribution in [2.45, 2.75) is 32.4 Å². The molecular weight excluding hydrogens is 304 g/mol. The molecule has 2 heterocycles. The number of carbonyl (C=O) groups excluding carboxylic acids is 1. The first-order valence-electron chi connectivity index (χ1n) is 8.42. The highest BCUT2D eigenvalue weighted by molar-refractivity contribution is 5.80. The van der Waals surface area contributed by atoms with Crippen LogP contribution < -0.4 is 14.8 Å². The Morgan fingerprint density at radius 2 is 1.92 bits per heavy atom. The fraction of sp³-hybridized carbons (Fsp3) is 0.421. The highest BCUT2D eigenvalue weighted by atomic mass is 16.6. The zero-order chi connectivity index (χ0) is 16.9. The van der Waals surface area contributed by atoms with Crippen LogP contribution in [0.1, 0.15) is 26.3 Å². The minimum atomic E-state index is -0.197. The van der Waals surface area contributed by atoms with Crippen molar-refractivity contribution >= 4 is 5.91 Å². The average molecular weight is 328 g/mol. The number of aromatic nitrogens is 1. The molecular formula is C19H24N2O3. The van der Waals surface area contributed by atoms with Crippen molar-refractivity contribution in [2.24, 2.45) is 5.92 Å². The van der Waals surface area contributed by atoms with Gasteiger partial charge in [0.2, 0.25) is 5.91 Å². The third-order valence-electron chi connectivity index (χ3n) is 4.06. The zero-order valence-corrected chi connectivity index (χ0v) is 14.1. The number of rotatable bonds is 6. The smallest absolute Gasteiger partial charge is 0.243 e. The number of nitrogens with one attached hydrogen (secondary N) is 1. The van der Waals surface area contributed by atoms with Crippen molar-refractivity contribution in [3.8, 4) is 11.5 Å². The summed E-state index contributed by atoms with van der Waals surface area (Å²) in [4.78, 5) is 12.6. The van der Waals surface area contributed by atoms with Gasteiger partial charge in [-0.25, -0.2) is 0 Å². The van der Waals surface area contributed by atoms with Gasteiger partial charge >= 0.3 is 0 Å². The molecule has 0 fully saturated rings. The Labute approximate surface area is 142 Å². The predicted octanol–water partition coefficient (Wildman–Crippen LogP) is 3.03. The molecule has 0 saturated heterocycles. The highest BCUT2D eigenvalue weighted by Gasteiger charge is 2.24. The average Bonchev–Trinajstić information content (AvgIpc) is 3.11. The Hall–Kier alpha value is -2.43. The number of ether oxygens (including phenoxy) is 2. The number of amides is 1. The first-order valence-corrected chi connectivity index (χ1v) is 8.42. The molecule has 5 nitrogen and oxygen atoms in total. The van der Waals surface area contributed by atoms with Gasteiger partial charge < -0.3 is 19.4 Å². The van der Waals surface area contributed by atoms with Crippen LogP contribution in [-0.4, -0.2) is 29.7 Å². The minimum Gasteiger partial charge on any atom is -0.486 e. The molecule has 0 aliphatic carbocycles. The van der Waals surface area contributed by atoms with E-state index in [2.05, 4.69) is 19.2 Å². The minimum absolute atomic E-state index is 0.0161. The van der Waals surface area contributed by atoms with Crippen LogP contribution in [0.3, 0.4) is 0 Å². The van der Waals surface area contributed by atoms with E-state index in [1.54, 1.807) is 0 Å². The van der Waals surface area contributed by atoms with E-state index in [0.29, 0.717) is 19.1 Å². The van der Waals surface area contributed by atoms with E-state index in [1.807, 2.05) is 53.4 Å². The molecule has 24 heavy (non-hydrogen) atoms. The van der Waals surface area contributed by atoms with E-state index < -0.39 is 0 Å². The SMILES string of the molecule is CC(C)CC(C(=O)NCC1COc2ccccc2O1)n1cccc1. The first kappa shape index (κ1) is 16.4. The van der Waals surface area contributed by atoms with E-state index >= 15 is 0 Å². The van der Waals surface area contributed by atoms with Crippen LogP contribution in [0, 0.1) is 5.92 Å². The lowest BCUT2D eigenvalue weighted by molar-refractivity contribution is -0.125. The molecule has 1 aliphatic rings. The number of hydrogen-bond acceptors (Lipinski definition) is 3. The zero-order valence-electron chi connectivity index (χ0n) is 14.1. The summed E-state index contributed by atoms with van der Waals surface area (Å²) in [6.07, 6.45) is 4.49. The number of nitrogens with zero attached hydrogens (tertiary/aromatic N) is 1. The highest BCUT2D eigenvalue weighted by Crippen LogP contribution is 2.30. The van der Waals surface area contributed by atoms with Crippen LogP contribution in [0.2, 0.25) is 0 Å². The van der Waals surface area contributed by atoms with Gasteiger partial charge in [-0.1, -0.05) is 26.0 Å². The fourth-order valence-electron chi connectivity index (χ4n) is 2.86. The lowest BCUT2D eigenvalue weighted by atomic mass is 10.0. The van der Waals surface area contributed by atoms with Gasteiger partial charge in [-0.15, -0.1) is 0 Å². The summed E-state index contributed by atoms with van der Waals surface area (Å²) in [7, 11) is 0. The summed E-state index contributed by atoms with van der Waals surface area (Å²) in [6.45, 7) is 5.12. The normalized spacial score (nSPS) is 17.5. The quantitative estimate of drug-likeness (QED) is 0.887. The molecule has 128 valence electrons. The van der Waals surface area contributed by atoms with Crippen molar-refractivity contribution in [2.75, 3.05) is 13.2 Å². The van der Waals surface area contributed by atoms with Gasteiger partial charge in [0.05, 0.1) is 6.54 Å². The fourth-order valence-corrected chi connectivity index (χ4v) is 2.86. The molecule has 1 aromatic carbocycles. The van der Waals surface area contributed by atoms with Crippen LogP contribution in [0.5, 0.6) is 11.5 Å². The number of carbonyl (C=O) groups is 1. The summed E-state index contributed by atoms with van der Waals surface area (Å²) in [6, 6.07) is 11.3. The summed E-state index contributed by atoms with van der Waals surface area (Å²) in [5, 5.41) is 3.01. The lowest BCUT2D eigenvalue weighted by Crippen LogP contribution is -2.43. The summed E-state index contributed by atoms with van der Waals surface area (Å²) in [5.41, 5.74) is 0.